The van der Waals surface area contributed by atoms with Gasteiger partial charge in [-0.05, 0) is 25.1 Å². The molecular weight excluding hydrogens is 197 g/mol. The fourth-order valence-electron chi connectivity index (χ4n) is 1.25. The van der Waals surface area contributed by atoms with Crippen LogP contribution in [0.5, 0.6) is 0 Å². The van der Waals surface area contributed by atoms with Gasteiger partial charge in [0, 0.05) is 11.7 Å². The third-order valence-corrected chi connectivity index (χ3v) is 1.94. The van der Waals surface area contributed by atoms with Gasteiger partial charge in [-0.15, -0.1) is 0 Å². The highest BCUT2D eigenvalue weighted by atomic mass is 19.1. The zero-order valence-electron chi connectivity index (χ0n) is 8.79. The molecule has 3 nitrogen and oxygen atoms in total. The third-order valence-electron chi connectivity index (χ3n) is 1.94. The summed E-state index contributed by atoms with van der Waals surface area (Å²) in [5, 5.41) is 3.01. The summed E-state index contributed by atoms with van der Waals surface area (Å²) >= 11 is 0. The molecule has 1 N–H and O–H groups in total. The van der Waals surface area contributed by atoms with Crippen molar-refractivity contribution in [3.63, 3.8) is 0 Å². The van der Waals surface area contributed by atoms with E-state index in [2.05, 4.69) is 10.1 Å². The average molecular weight is 211 g/mol. The number of ether oxygens (including phenoxy) is 1. The van der Waals surface area contributed by atoms with Gasteiger partial charge in [-0.1, -0.05) is 6.07 Å². The zero-order chi connectivity index (χ0) is 11.3. The predicted molar refractivity (Wildman–Crippen MR) is 56.1 cm³/mol. The second-order valence-electron chi connectivity index (χ2n) is 3.34. The first kappa shape index (κ1) is 11.5. The van der Waals surface area contributed by atoms with Crippen LogP contribution in [0.1, 0.15) is 13.3 Å². The maximum absolute atomic E-state index is 12.8. The molecular formula is C11H14FNO2. The van der Waals surface area contributed by atoms with E-state index in [-0.39, 0.29) is 24.2 Å². The first-order chi connectivity index (χ1) is 7.11. The maximum atomic E-state index is 12.8. The van der Waals surface area contributed by atoms with Crippen LogP contribution in [-0.2, 0) is 9.53 Å². The molecule has 0 heterocycles. The smallest absolute Gasteiger partial charge is 0.307 e. The molecule has 0 aliphatic heterocycles. The maximum Gasteiger partial charge on any atom is 0.307 e. The van der Waals surface area contributed by atoms with E-state index in [1.807, 2.05) is 6.92 Å². The number of carbonyl (C=O) groups excluding carboxylic acids is 1. The summed E-state index contributed by atoms with van der Waals surface area (Å²) in [6.07, 6.45) is 0.257. The number of halogens is 1. The van der Waals surface area contributed by atoms with E-state index in [9.17, 15) is 9.18 Å². The molecule has 0 aliphatic carbocycles. The van der Waals surface area contributed by atoms with Gasteiger partial charge in [0.15, 0.2) is 0 Å². The van der Waals surface area contributed by atoms with Crippen molar-refractivity contribution in [2.45, 2.75) is 19.4 Å². The van der Waals surface area contributed by atoms with Crippen molar-refractivity contribution < 1.29 is 13.9 Å². The van der Waals surface area contributed by atoms with E-state index in [1.54, 1.807) is 12.1 Å². The van der Waals surface area contributed by atoms with Crippen molar-refractivity contribution in [1.29, 1.82) is 0 Å². The Hall–Kier alpha value is -1.58. The van der Waals surface area contributed by atoms with Crippen molar-refractivity contribution >= 4 is 11.7 Å². The van der Waals surface area contributed by atoms with Gasteiger partial charge in [0.2, 0.25) is 0 Å². The van der Waals surface area contributed by atoms with E-state index >= 15 is 0 Å². The molecule has 0 fully saturated rings. The van der Waals surface area contributed by atoms with Gasteiger partial charge in [-0.2, -0.15) is 0 Å². The third kappa shape index (κ3) is 3.97. The Balaban J connectivity index is 2.51. The van der Waals surface area contributed by atoms with Crippen molar-refractivity contribution in [3.8, 4) is 0 Å². The largest absolute Gasteiger partial charge is 0.469 e. The standard InChI is InChI=1S/C11H14FNO2/c1-8(6-11(14)15-2)13-10-5-3-4-9(12)7-10/h3-5,7-8,13H,6H2,1-2H3. The van der Waals surface area contributed by atoms with Crippen LogP contribution in [0.4, 0.5) is 10.1 Å². The number of benzene rings is 1. The Morgan fingerprint density at radius 2 is 2.33 bits per heavy atom. The van der Waals surface area contributed by atoms with Gasteiger partial charge in [0.1, 0.15) is 5.82 Å². The number of esters is 1. The number of rotatable bonds is 4. The van der Waals surface area contributed by atoms with Gasteiger partial charge < -0.3 is 10.1 Å². The minimum Gasteiger partial charge on any atom is -0.469 e. The Morgan fingerprint density at radius 1 is 1.60 bits per heavy atom. The van der Waals surface area contributed by atoms with Gasteiger partial charge in [0.25, 0.3) is 0 Å². The topological polar surface area (TPSA) is 38.3 Å². The molecule has 0 aliphatic rings. The fraction of sp³-hybridized carbons (Fsp3) is 0.364. The van der Waals surface area contributed by atoms with E-state index in [0.717, 1.165) is 0 Å². The molecule has 0 bridgehead atoms. The molecule has 1 aromatic carbocycles. The summed E-state index contributed by atoms with van der Waals surface area (Å²) in [4.78, 5) is 10.9. The molecule has 1 unspecified atom stereocenters. The Labute approximate surface area is 88.2 Å². The number of methoxy groups -OCH3 is 1. The number of hydrogen-bond donors (Lipinski definition) is 1. The summed E-state index contributed by atoms with van der Waals surface area (Å²) in [6, 6.07) is 6.03. The summed E-state index contributed by atoms with van der Waals surface area (Å²) in [5.74, 6) is -0.586. The van der Waals surface area contributed by atoms with E-state index in [4.69, 9.17) is 0 Å². The van der Waals surface area contributed by atoms with Gasteiger partial charge in [-0.25, -0.2) is 4.39 Å². The van der Waals surface area contributed by atoms with Crippen LogP contribution in [0, 0.1) is 5.82 Å². The lowest BCUT2D eigenvalue weighted by molar-refractivity contribution is -0.140. The SMILES string of the molecule is COC(=O)CC(C)Nc1cccc(F)c1. The molecule has 4 heteroatoms. The van der Waals surface area contributed by atoms with Gasteiger partial charge >= 0.3 is 5.97 Å². The summed E-state index contributed by atoms with van der Waals surface area (Å²) in [7, 11) is 1.34. The highest BCUT2D eigenvalue weighted by molar-refractivity contribution is 5.70. The molecule has 0 aromatic heterocycles. The molecule has 1 aromatic rings. The molecule has 1 rings (SSSR count). The first-order valence-electron chi connectivity index (χ1n) is 4.70. The van der Waals surface area contributed by atoms with Crippen LogP contribution >= 0.6 is 0 Å². The highest BCUT2D eigenvalue weighted by Crippen LogP contribution is 2.11. The lowest BCUT2D eigenvalue weighted by atomic mass is 10.2. The minimum atomic E-state index is -0.301. The zero-order valence-corrected chi connectivity index (χ0v) is 8.79. The quantitative estimate of drug-likeness (QED) is 0.776. The molecule has 0 amide bonds. The highest BCUT2D eigenvalue weighted by Gasteiger charge is 2.08. The van der Waals surface area contributed by atoms with E-state index in [1.165, 1.54) is 19.2 Å². The number of hydrogen-bond acceptors (Lipinski definition) is 3. The fourth-order valence-corrected chi connectivity index (χ4v) is 1.25. The molecule has 0 saturated heterocycles. The van der Waals surface area contributed by atoms with Crippen molar-refractivity contribution in [1.82, 2.24) is 0 Å². The van der Waals surface area contributed by atoms with Gasteiger partial charge in [0.05, 0.1) is 13.5 Å². The van der Waals surface area contributed by atoms with Crippen molar-refractivity contribution in [2.75, 3.05) is 12.4 Å². The normalized spacial score (nSPS) is 11.9. The van der Waals surface area contributed by atoms with Crippen LogP contribution in [0.25, 0.3) is 0 Å². The predicted octanol–water partition coefficient (Wildman–Crippen LogP) is 2.19. The van der Waals surface area contributed by atoms with Crippen LogP contribution in [0.15, 0.2) is 24.3 Å². The van der Waals surface area contributed by atoms with E-state index in [0.29, 0.717) is 5.69 Å². The van der Waals surface area contributed by atoms with Crippen LogP contribution < -0.4 is 5.32 Å². The number of carbonyl (C=O) groups is 1. The van der Waals surface area contributed by atoms with E-state index < -0.39 is 0 Å². The average Bonchev–Trinajstić information content (AvgIpc) is 2.17. The molecule has 0 radical (unpaired) electrons. The van der Waals surface area contributed by atoms with Gasteiger partial charge in [-0.3, -0.25) is 4.79 Å². The van der Waals surface area contributed by atoms with Crippen molar-refractivity contribution in [3.05, 3.63) is 30.1 Å². The lowest BCUT2D eigenvalue weighted by Gasteiger charge is -2.13. The molecule has 0 spiro atoms. The summed E-state index contributed by atoms with van der Waals surface area (Å²) in [5.41, 5.74) is 0.659. The minimum absolute atomic E-state index is 0.0840. The second kappa shape index (κ2) is 5.34. The van der Waals surface area contributed by atoms with Crippen molar-refractivity contribution in [2.24, 2.45) is 0 Å². The Morgan fingerprint density at radius 3 is 2.93 bits per heavy atom. The molecule has 15 heavy (non-hydrogen) atoms. The van der Waals surface area contributed by atoms with Crippen LogP contribution in [-0.4, -0.2) is 19.1 Å². The second-order valence-corrected chi connectivity index (χ2v) is 3.34. The number of nitrogens with one attached hydrogen (secondary N) is 1. The molecule has 0 saturated carbocycles. The Bertz CT molecular complexity index is 341. The first-order valence-corrected chi connectivity index (χ1v) is 4.70. The summed E-state index contributed by atoms with van der Waals surface area (Å²) < 4.78 is 17.3. The molecule has 82 valence electrons. The lowest BCUT2D eigenvalue weighted by Crippen LogP contribution is -2.20. The monoisotopic (exact) mass is 211 g/mol. The molecule has 1 atom stereocenters. The number of anilines is 1. The summed E-state index contributed by atoms with van der Waals surface area (Å²) in [6.45, 7) is 1.84. The van der Waals surface area contributed by atoms with Crippen LogP contribution in [0.2, 0.25) is 0 Å². The van der Waals surface area contributed by atoms with Crippen LogP contribution in [0.3, 0.4) is 0 Å². The Kier molecular flexibility index (Phi) is 4.09.